The van der Waals surface area contributed by atoms with E-state index in [-0.39, 0.29) is 10.7 Å². The smallest absolute Gasteiger partial charge is 0.159 e. The van der Waals surface area contributed by atoms with Crippen LogP contribution >= 0.6 is 11.8 Å². The van der Waals surface area contributed by atoms with E-state index in [4.69, 9.17) is 0 Å². The van der Waals surface area contributed by atoms with Crippen molar-refractivity contribution in [1.82, 2.24) is 0 Å². The largest absolute Gasteiger partial charge is 0.295 e. The van der Waals surface area contributed by atoms with Crippen LogP contribution in [0.2, 0.25) is 0 Å². The highest BCUT2D eigenvalue weighted by atomic mass is 32.2. The second-order valence-electron chi connectivity index (χ2n) is 8.45. The lowest BCUT2D eigenvalue weighted by Gasteiger charge is -2.35. The van der Waals surface area contributed by atoms with E-state index in [2.05, 4.69) is 58.0 Å². The molecule has 5 atom stereocenters. The summed E-state index contributed by atoms with van der Waals surface area (Å²) < 4.78 is 0.0654. The Morgan fingerprint density at radius 1 is 1.13 bits per heavy atom. The molecule has 1 aromatic carbocycles. The maximum atomic E-state index is 12.5. The van der Waals surface area contributed by atoms with Crippen LogP contribution in [0.4, 0.5) is 0 Å². The van der Waals surface area contributed by atoms with Crippen LogP contribution in [0.3, 0.4) is 0 Å². The molecule has 0 saturated heterocycles. The molecule has 122 valence electrons. The summed E-state index contributed by atoms with van der Waals surface area (Å²) in [5.74, 6) is 2.49. The highest BCUT2D eigenvalue weighted by Gasteiger charge is 2.66. The normalized spacial score (nSPS) is 40.9. The van der Waals surface area contributed by atoms with E-state index in [0.29, 0.717) is 23.0 Å². The van der Waals surface area contributed by atoms with Gasteiger partial charge in [0.2, 0.25) is 0 Å². The van der Waals surface area contributed by atoms with E-state index >= 15 is 0 Å². The molecule has 0 aromatic heterocycles. The van der Waals surface area contributed by atoms with Gasteiger partial charge in [-0.2, -0.15) is 0 Å². The zero-order valence-corrected chi connectivity index (χ0v) is 15.3. The van der Waals surface area contributed by atoms with Gasteiger partial charge < -0.3 is 0 Å². The van der Waals surface area contributed by atoms with Crippen LogP contribution in [-0.4, -0.2) is 10.5 Å². The second-order valence-corrected chi connectivity index (χ2v) is 10.0. The van der Waals surface area contributed by atoms with Gasteiger partial charge in [0.05, 0.1) is 0 Å². The van der Waals surface area contributed by atoms with Gasteiger partial charge in [-0.15, -0.1) is 11.8 Å². The number of thioether (sulfide) groups is 1. The number of allylic oxidation sites excluding steroid dienone is 1. The fourth-order valence-corrected chi connectivity index (χ4v) is 6.67. The Kier molecular flexibility index (Phi) is 3.36. The van der Waals surface area contributed by atoms with Gasteiger partial charge >= 0.3 is 0 Å². The van der Waals surface area contributed by atoms with Gasteiger partial charge in [0, 0.05) is 15.6 Å². The third-order valence-corrected chi connectivity index (χ3v) is 8.20. The Morgan fingerprint density at radius 3 is 2.52 bits per heavy atom. The molecule has 2 fully saturated rings. The Balaban J connectivity index is 1.72. The molecule has 0 unspecified atom stereocenters. The van der Waals surface area contributed by atoms with Crippen LogP contribution in [0.15, 0.2) is 46.9 Å². The summed E-state index contributed by atoms with van der Waals surface area (Å²) in [5, 5.41) is 0. The third-order valence-electron chi connectivity index (χ3n) is 6.80. The zero-order valence-electron chi connectivity index (χ0n) is 14.5. The first-order valence-electron chi connectivity index (χ1n) is 8.84. The van der Waals surface area contributed by atoms with Crippen LogP contribution < -0.4 is 0 Å². The average Bonchev–Trinajstić information content (AvgIpc) is 2.96. The third kappa shape index (κ3) is 2.25. The van der Waals surface area contributed by atoms with E-state index in [9.17, 15) is 4.79 Å². The van der Waals surface area contributed by atoms with Gasteiger partial charge in [-0.25, -0.2) is 0 Å². The number of carbonyl (C=O) groups is 1. The van der Waals surface area contributed by atoms with Crippen molar-refractivity contribution in [3.05, 3.63) is 42.0 Å². The summed E-state index contributed by atoms with van der Waals surface area (Å²) in [6.45, 7) is 9.33. The predicted octanol–water partition coefficient (Wildman–Crippen LogP) is 5.36. The van der Waals surface area contributed by atoms with Crippen molar-refractivity contribution in [2.75, 3.05) is 0 Å². The number of carbonyl (C=O) groups excluding carboxylic acids is 1. The molecule has 23 heavy (non-hydrogen) atoms. The summed E-state index contributed by atoms with van der Waals surface area (Å²) in [6, 6.07) is 10.7. The molecule has 0 N–H and O–H groups in total. The van der Waals surface area contributed by atoms with E-state index in [1.165, 1.54) is 23.3 Å². The number of hydrogen-bond donors (Lipinski definition) is 0. The molecule has 2 saturated carbocycles. The monoisotopic (exact) mass is 326 g/mol. The molecular formula is C21H26OS. The minimum absolute atomic E-state index is 0.0654. The first kappa shape index (κ1) is 15.5. The van der Waals surface area contributed by atoms with Crippen molar-refractivity contribution in [2.24, 2.45) is 29.1 Å². The Bertz CT molecular complexity index is 674. The Hall–Kier alpha value is -1.02. The van der Waals surface area contributed by atoms with Crippen LogP contribution in [0.25, 0.3) is 0 Å². The molecule has 0 radical (unpaired) electrons. The molecule has 3 aliphatic carbocycles. The lowest BCUT2D eigenvalue weighted by molar-refractivity contribution is -0.118. The lowest BCUT2D eigenvalue weighted by atomic mass is 9.79. The van der Waals surface area contributed by atoms with Crippen LogP contribution in [-0.2, 0) is 4.79 Å². The van der Waals surface area contributed by atoms with Gasteiger partial charge in [-0.3, -0.25) is 4.79 Å². The van der Waals surface area contributed by atoms with Gasteiger partial charge in [0.25, 0.3) is 0 Å². The molecule has 0 amide bonds. The van der Waals surface area contributed by atoms with Crippen LogP contribution in [0, 0.1) is 29.1 Å². The molecule has 2 heteroatoms. The molecule has 0 spiro atoms. The Morgan fingerprint density at radius 2 is 1.83 bits per heavy atom. The highest BCUT2D eigenvalue weighted by Crippen LogP contribution is 2.71. The molecule has 0 heterocycles. The fraction of sp³-hybridized carbons (Fsp3) is 0.571. The van der Waals surface area contributed by atoms with Gasteiger partial charge in [0.1, 0.15) is 0 Å². The minimum atomic E-state index is 0.0654. The second kappa shape index (κ2) is 4.99. The molecule has 0 aliphatic heterocycles. The molecule has 4 rings (SSSR count). The van der Waals surface area contributed by atoms with Crippen LogP contribution in [0.5, 0.6) is 0 Å². The number of benzene rings is 1. The molecule has 3 aliphatic rings. The van der Waals surface area contributed by atoms with Gasteiger partial charge in [-0.1, -0.05) is 39.0 Å². The average molecular weight is 327 g/mol. The van der Waals surface area contributed by atoms with E-state index in [1.54, 1.807) is 0 Å². The van der Waals surface area contributed by atoms with Crippen molar-refractivity contribution < 1.29 is 4.79 Å². The van der Waals surface area contributed by atoms with E-state index in [1.807, 2.05) is 17.8 Å². The predicted molar refractivity (Wildman–Crippen MR) is 96.4 cm³/mol. The zero-order chi connectivity index (χ0) is 16.4. The topological polar surface area (TPSA) is 17.1 Å². The molecular weight excluding hydrogens is 300 g/mol. The standard InChI is InChI=1S/C21H26OS/c1-13-17(22)12-16-18(13)19-15(20(19,2)3)10-11-21(16,4)23-14-8-6-5-7-9-14/h5-9,12-13,15,18-19H,10-11H2,1-4H3/t13-,15-,18-,19-,21+/m1/s1. The summed E-state index contributed by atoms with van der Waals surface area (Å²) >= 11 is 1.96. The van der Waals surface area contributed by atoms with Crippen molar-refractivity contribution in [2.45, 2.75) is 50.2 Å². The molecule has 1 aromatic rings. The lowest BCUT2D eigenvalue weighted by Crippen LogP contribution is -2.29. The summed E-state index contributed by atoms with van der Waals surface area (Å²) in [4.78, 5) is 13.8. The summed E-state index contributed by atoms with van der Waals surface area (Å²) in [7, 11) is 0. The maximum absolute atomic E-state index is 12.5. The fourth-order valence-electron chi connectivity index (χ4n) is 5.32. The molecule has 1 nitrogen and oxygen atoms in total. The SMILES string of the molecule is C[C@@H]1C(=O)C=C2[C@@H]1[C@H]1[C@@H](CC[C@]2(C)Sc2ccccc2)C1(C)C. The Labute approximate surface area is 143 Å². The first-order chi connectivity index (χ1) is 10.8. The van der Waals surface area contributed by atoms with E-state index in [0.717, 1.165) is 5.92 Å². The number of hydrogen-bond acceptors (Lipinski definition) is 2. The van der Waals surface area contributed by atoms with Gasteiger partial charge in [0.15, 0.2) is 5.78 Å². The number of ketones is 1. The van der Waals surface area contributed by atoms with Crippen molar-refractivity contribution in [3.8, 4) is 0 Å². The highest BCUT2D eigenvalue weighted by molar-refractivity contribution is 8.00. The van der Waals surface area contributed by atoms with Crippen molar-refractivity contribution >= 4 is 17.5 Å². The maximum Gasteiger partial charge on any atom is 0.159 e. The quantitative estimate of drug-likeness (QED) is 0.727. The molecule has 0 bridgehead atoms. The van der Waals surface area contributed by atoms with E-state index < -0.39 is 0 Å². The van der Waals surface area contributed by atoms with Crippen molar-refractivity contribution in [3.63, 3.8) is 0 Å². The van der Waals surface area contributed by atoms with Crippen molar-refractivity contribution in [1.29, 1.82) is 0 Å². The first-order valence-corrected chi connectivity index (χ1v) is 9.66. The number of rotatable bonds is 2. The minimum Gasteiger partial charge on any atom is -0.295 e. The summed E-state index contributed by atoms with van der Waals surface area (Å²) in [5.41, 5.74) is 1.85. The van der Waals surface area contributed by atoms with Gasteiger partial charge in [-0.05, 0) is 66.7 Å². The number of fused-ring (bicyclic) bond motifs is 3. The summed E-state index contributed by atoms with van der Waals surface area (Å²) in [6.07, 6.45) is 4.49. The van der Waals surface area contributed by atoms with Crippen LogP contribution in [0.1, 0.15) is 40.5 Å².